The van der Waals surface area contributed by atoms with Gasteiger partial charge in [0.25, 0.3) is 0 Å². The smallest absolute Gasteiger partial charge is 0.403 e. The lowest BCUT2D eigenvalue weighted by Gasteiger charge is -2.09. The summed E-state index contributed by atoms with van der Waals surface area (Å²) in [5.41, 5.74) is -3.16. The molecule has 0 radical (unpaired) electrons. The summed E-state index contributed by atoms with van der Waals surface area (Å²) < 4.78 is 0.942. The Hall–Kier alpha value is -2.19. The van der Waals surface area contributed by atoms with Gasteiger partial charge in [0, 0.05) is 0 Å². The molecule has 15 heavy (non-hydrogen) atoms. The Morgan fingerprint density at radius 2 is 0.867 bits per heavy atom. The van der Waals surface area contributed by atoms with Gasteiger partial charge < -0.3 is 14.5 Å². The minimum atomic E-state index is -1.05. The van der Waals surface area contributed by atoms with E-state index >= 15 is 0 Å². The zero-order valence-corrected chi connectivity index (χ0v) is 8.29. The van der Waals surface area contributed by atoms with Crippen molar-refractivity contribution in [2.45, 2.75) is 0 Å². The van der Waals surface area contributed by atoms with Crippen LogP contribution in [0.15, 0.2) is 14.4 Å². The van der Waals surface area contributed by atoms with E-state index in [9.17, 15) is 14.4 Å². The highest BCUT2D eigenvalue weighted by molar-refractivity contribution is 4.70. The van der Waals surface area contributed by atoms with Crippen LogP contribution in [0.1, 0.15) is 0 Å². The fraction of sp³-hybridized carbons (Fsp3) is 0.500. The summed E-state index contributed by atoms with van der Waals surface area (Å²) >= 11 is 0. The highest BCUT2D eigenvalue weighted by atomic mass is 16.7. The first kappa shape index (κ1) is 10.9. The highest BCUT2D eigenvalue weighted by Gasteiger charge is 2.16. The predicted molar refractivity (Wildman–Crippen MR) is 46.7 cm³/mol. The van der Waals surface area contributed by atoms with E-state index in [1.165, 1.54) is 0 Å². The third-order valence-corrected chi connectivity index (χ3v) is 1.59. The van der Waals surface area contributed by atoms with E-state index in [1.54, 1.807) is 0 Å². The molecule has 0 aliphatic rings. The molecule has 0 aromatic carbocycles. The Kier molecular flexibility index (Phi) is 2.83. The quantitative estimate of drug-likeness (QED) is 0.520. The second-order valence-electron chi connectivity index (χ2n) is 2.28. The predicted octanol–water partition coefficient (Wildman–Crippen LogP) is -3.65. The maximum atomic E-state index is 11.3. The average Bonchev–Trinajstić information content (AvgIpc) is 2.19. The van der Waals surface area contributed by atoms with Crippen molar-refractivity contribution < 1.29 is 14.5 Å². The summed E-state index contributed by atoms with van der Waals surface area (Å²) in [4.78, 5) is 47.4. The van der Waals surface area contributed by atoms with Gasteiger partial charge in [-0.05, 0) is 0 Å². The highest BCUT2D eigenvalue weighted by Crippen LogP contribution is 1.63. The zero-order chi connectivity index (χ0) is 11.6. The number of hydrogen-bond donors (Lipinski definition) is 0. The van der Waals surface area contributed by atoms with Crippen LogP contribution in [0.25, 0.3) is 0 Å². The third-order valence-electron chi connectivity index (χ3n) is 1.59. The first-order valence-corrected chi connectivity index (χ1v) is 3.73. The molecule has 0 N–H and O–H groups in total. The van der Waals surface area contributed by atoms with Gasteiger partial charge in [-0.15, -0.1) is 0 Å². The van der Waals surface area contributed by atoms with Gasteiger partial charge in [0.15, 0.2) is 0 Å². The Bertz CT molecular complexity index is 417. The molecule has 0 saturated carbocycles. The van der Waals surface area contributed by atoms with Gasteiger partial charge in [-0.2, -0.15) is 0 Å². The monoisotopic (exact) mass is 219 g/mol. The van der Waals surface area contributed by atoms with E-state index in [2.05, 4.69) is 14.5 Å². The maximum absolute atomic E-state index is 11.3. The largest absolute Gasteiger partial charge is 0.408 e. The zero-order valence-electron chi connectivity index (χ0n) is 8.29. The van der Waals surface area contributed by atoms with E-state index in [0.717, 1.165) is 21.3 Å². The van der Waals surface area contributed by atoms with Crippen LogP contribution < -0.4 is 31.6 Å². The van der Waals surface area contributed by atoms with Crippen LogP contribution in [0.2, 0.25) is 0 Å². The fourth-order valence-corrected chi connectivity index (χ4v) is 0.961. The van der Waals surface area contributed by atoms with Crippen LogP contribution in [0.3, 0.4) is 0 Å². The maximum Gasteiger partial charge on any atom is 0.403 e. The normalized spacial score (nSPS) is 9.80. The molecule has 9 heteroatoms. The second kappa shape index (κ2) is 3.90. The fourth-order valence-electron chi connectivity index (χ4n) is 0.961. The van der Waals surface area contributed by atoms with Crippen LogP contribution in [-0.4, -0.2) is 35.5 Å². The number of aromatic nitrogens is 3. The molecule has 0 unspecified atom stereocenters. The number of nitrogens with zero attached hydrogens (tertiary/aromatic N) is 3. The summed E-state index contributed by atoms with van der Waals surface area (Å²) in [5.74, 6) is 0. The lowest BCUT2D eigenvalue weighted by molar-refractivity contribution is 0.0284. The topological polar surface area (TPSA) is 93.7 Å². The van der Waals surface area contributed by atoms with E-state index in [-0.39, 0.29) is 0 Å². The van der Waals surface area contributed by atoms with Gasteiger partial charge in [0.1, 0.15) is 21.3 Å². The lowest BCUT2D eigenvalue weighted by atomic mass is 11.0. The second-order valence-corrected chi connectivity index (χ2v) is 2.28. The molecule has 1 rings (SSSR count). The molecule has 84 valence electrons. The van der Waals surface area contributed by atoms with Crippen molar-refractivity contribution in [3.05, 3.63) is 31.5 Å². The molecule has 0 aliphatic carbocycles. The van der Waals surface area contributed by atoms with Crippen LogP contribution in [0.5, 0.6) is 0 Å². The van der Waals surface area contributed by atoms with Gasteiger partial charge in [0.05, 0.1) is 0 Å². The molecule has 0 aliphatic heterocycles. The summed E-state index contributed by atoms with van der Waals surface area (Å²) in [5, 5.41) is 0. The molecule has 1 heterocycles. The van der Waals surface area contributed by atoms with Crippen molar-refractivity contribution in [1.82, 2.24) is 14.2 Å². The van der Waals surface area contributed by atoms with Gasteiger partial charge >= 0.3 is 17.1 Å². The molecule has 0 fully saturated rings. The summed E-state index contributed by atoms with van der Waals surface area (Å²) in [6, 6.07) is 0. The SMILES string of the molecule is COn1c(=O)n(OC)c(=O)n(OC)c1=O. The number of rotatable bonds is 3. The molecule has 0 spiro atoms. The van der Waals surface area contributed by atoms with Crippen molar-refractivity contribution in [2.24, 2.45) is 0 Å². The van der Waals surface area contributed by atoms with E-state index < -0.39 is 17.1 Å². The molecule has 1 aromatic heterocycles. The van der Waals surface area contributed by atoms with E-state index in [4.69, 9.17) is 0 Å². The van der Waals surface area contributed by atoms with Crippen molar-refractivity contribution in [1.29, 1.82) is 0 Å². The first-order chi connectivity index (χ1) is 7.08. The Labute approximate surface area is 82.5 Å². The molecule has 1 aromatic rings. The standard InChI is InChI=1S/C6H9N3O6/c1-13-7-4(10)8(14-2)6(12)9(15-3)5(7)11/h1-3H3. The Balaban J connectivity index is 3.82. The molecular formula is C6H9N3O6. The minimum absolute atomic E-state index is 0.314. The summed E-state index contributed by atoms with van der Waals surface area (Å²) in [6.07, 6.45) is 0. The lowest BCUT2D eigenvalue weighted by Crippen LogP contribution is -2.58. The minimum Gasteiger partial charge on any atom is -0.408 e. The molecule has 0 amide bonds. The number of hydrogen-bond acceptors (Lipinski definition) is 6. The molecule has 0 bridgehead atoms. The van der Waals surface area contributed by atoms with Crippen molar-refractivity contribution in [3.8, 4) is 0 Å². The van der Waals surface area contributed by atoms with Crippen molar-refractivity contribution in [3.63, 3.8) is 0 Å². The molecular weight excluding hydrogens is 210 g/mol. The van der Waals surface area contributed by atoms with E-state index in [0.29, 0.717) is 14.2 Å². The van der Waals surface area contributed by atoms with Crippen LogP contribution in [0.4, 0.5) is 0 Å². The van der Waals surface area contributed by atoms with Crippen molar-refractivity contribution in [2.75, 3.05) is 21.3 Å². The molecule has 0 saturated heterocycles. The van der Waals surface area contributed by atoms with Crippen LogP contribution in [0, 0.1) is 0 Å². The summed E-state index contributed by atoms with van der Waals surface area (Å²) in [7, 11) is 3.27. The molecule has 0 atom stereocenters. The van der Waals surface area contributed by atoms with Crippen LogP contribution >= 0.6 is 0 Å². The first-order valence-electron chi connectivity index (χ1n) is 3.73. The van der Waals surface area contributed by atoms with Gasteiger partial charge in [-0.25, -0.2) is 14.4 Å². The summed E-state index contributed by atoms with van der Waals surface area (Å²) in [6.45, 7) is 0. The third kappa shape index (κ3) is 1.47. The van der Waals surface area contributed by atoms with Gasteiger partial charge in [-0.3, -0.25) is 0 Å². The Morgan fingerprint density at radius 1 is 0.667 bits per heavy atom. The molecule has 9 nitrogen and oxygen atoms in total. The van der Waals surface area contributed by atoms with Gasteiger partial charge in [-0.1, -0.05) is 14.2 Å². The van der Waals surface area contributed by atoms with Crippen molar-refractivity contribution >= 4 is 0 Å². The van der Waals surface area contributed by atoms with E-state index in [1.807, 2.05) is 0 Å². The Morgan fingerprint density at radius 3 is 1.00 bits per heavy atom. The average molecular weight is 219 g/mol. The van der Waals surface area contributed by atoms with Gasteiger partial charge in [0.2, 0.25) is 0 Å². The van der Waals surface area contributed by atoms with Crippen LogP contribution in [-0.2, 0) is 0 Å².